The van der Waals surface area contributed by atoms with E-state index in [1.54, 1.807) is 4.90 Å². The van der Waals surface area contributed by atoms with Gasteiger partial charge in [-0.3, -0.25) is 14.5 Å². The van der Waals surface area contributed by atoms with Gasteiger partial charge in [-0.05, 0) is 55.9 Å². The van der Waals surface area contributed by atoms with E-state index >= 15 is 0 Å². The van der Waals surface area contributed by atoms with E-state index in [0.717, 1.165) is 49.7 Å². The van der Waals surface area contributed by atoms with Crippen molar-refractivity contribution < 1.29 is 19.1 Å². The SMILES string of the molecule is C=C1CCC(N2Cc3cc(O[C@H]4CCC[C@H]4N4C[C@H]5COC[C@H]5C4)ccc3C2=O)C(=O)N1. The molecule has 4 fully saturated rings. The highest BCUT2D eigenvalue weighted by Gasteiger charge is 2.44. The van der Waals surface area contributed by atoms with Crippen molar-refractivity contribution in [3.8, 4) is 5.75 Å². The Labute approximate surface area is 188 Å². The molecule has 1 aromatic carbocycles. The smallest absolute Gasteiger partial charge is 0.255 e. The number of carbonyl (C=O) groups excluding carboxylic acids is 2. The zero-order valence-corrected chi connectivity index (χ0v) is 18.4. The minimum atomic E-state index is -0.428. The molecule has 4 aliphatic heterocycles. The fourth-order valence-electron chi connectivity index (χ4n) is 6.33. The van der Waals surface area contributed by atoms with E-state index in [1.807, 2.05) is 18.2 Å². The number of benzene rings is 1. The predicted octanol–water partition coefficient (Wildman–Crippen LogP) is 2.31. The number of allylic oxidation sites excluding steroid dienone is 1. The van der Waals surface area contributed by atoms with Crippen LogP contribution in [0.25, 0.3) is 0 Å². The summed E-state index contributed by atoms with van der Waals surface area (Å²) in [7, 11) is 0. The summed E-state index contributed by atoms with van der Waals surface area (Å²) in [5, 5.41) is 2.79. The number of hydrogen-bond acceptors (Lipinski definition) is 5. The van der Waals surface area contributed by atoms with Crippen LogP contribution in [0.3, 0.4) is 0 Å². The molecule has 0 spiro atoms. The topological polar surface area (TPSA) is 71.1 Å². The molecular formula is C25H31N3O4. The van der Waals surface area contributed by atoms with E-state index in [2.05, 4.69) is 16.8 Å². The van der Waals surface area contributed by atoms with Crippen LogP contribution in [0.2, 0.25) is 0 Å². The first-order valence-corrected chi connectivity index (χ1v) is 12.0. The van der Waals surface area contributed by atoms with E-state index < -0.39 is 6.04 Å². The Morgan fingerprint density at radius 1 is 1.09 bits per heavy atom. The molecule has 1 saturated carbocycles. The van der Waals surface area contributed by atoms with Crippen LogP contribution in [-0.2, 0) is 16.1 Å². The molecule has 1 aromatic rings. The summed E-state index contributed by atoms with van der Waals surface area (Å²) < 4.78 is 12.1. The van der Waals surface area contributed by atoms with E-state index in [0.29, 0.717) is 42.8 Å². The molecule has 0 radical (unpaired) electrons. The molecule has 1 unspecified atom stereocenters. The Morgan fingerprint density at radius 3 is 2.69 bits per heavy atom. The van der Waals surface area contributed by atoms with E-state index in [9.17, 15) is 9.59 Å². The van der Waals surface area contributed by atoms with Crippen LogP contribution in [0.5, 0.6) is 5.75 Å². The fraction of sp³-hybridized carbons (Fsp3) is 0.600. The van der Waals surface area contributed by atoms with Gasteiger partial charge >= 0.3 is 0 Å². The number of likely N-dealkylation sites (tertiary alicyclic amines) is 1. The highest BCUT2D eigenvalue weighted by atomic mass is 16.5. The maximum atomic E-state index is 13.0. The Hall–Kier alpha value is -2.38. The fourth-order valence-corrected chi connectivity index (χ4v) is 6.33. The number of nitrogens with one attached hydrogen (secondary N) is 1. The Bertz CT molecular complexity index is 951. The van der Waals surface area contributed by atoms with E-state index in [1.165, 1.54) is 12.8 Å². The largest absolute Gasteiger partial charge is 0.489 e. The molecule has 6 rings (SSSR count). The van der Waals surface area contributed by atoms with Gasteiger partial charge in [-0.15, -0.1) is 0 Å². The molecule has 0 aromatic heterocycles. The molecule has 5 atom stereocenters. The molecule has 3 saturated heterocycles. The van der Waals surface area contributed by atoms with Gasteiger partial charge < -0.3 is 19.7 Å². The van der Waals surface area contributed by atoms with Crippen LogP contribution in [0.4, 0.5) is 0 Å². The third-order valence-corrected chi connectivity index (χ3v) is 8.05. The van der Waals surface area contributed by atoms with Gasteiger partial charge in [0.15, 0.2) is 0 Å². The van der Waals surface area contributed by atoms with Gasteiger partial charge in [0.1, 0.15) is 17.9 Å². The summed E-state index contributed by atoms with van der Waals surface area (Å²) >= 11 is 0. The van der Waals surface area contributed by atoms with Gasteiger partial charge in [0.2, 0.25) is 5.91 Å². The normalized spacial score (nSPS) is 34.7. The summed E-state index contributed by atoms with van der Waals surface area (Å²) in [6, 6.07) is 5.84. The van der Waals surface area contributed by atoms with Crippen LogP contribution in [0, 0.1) is 11.8 Å². The Balaban J connectivity index is 1.14. The van der Waals surface area contributed by atoms with Crippen LogP contribution in [0.15, 0.2) is 30.5 Å². The minimum absolute atomic E-state index is 0.0659. The van der Waals surface area contributed by atoms with Crippen molar-refractivity contribution in [2.75, 3.05) is 26.3 Å². The van der Waals surface area contributed by atoms with Crippen LogP contribution in [0.1, 0.15) is 48.0 Å². The second kappa shape index (κ2) is 7.89. The first-order valence-electron chi connectivity index (χ1n) is 12.0. The van der Waals surface area contributed by atoms with Gasteiger partial charge in [-0.2, -0.15) is 0 Å². The van der Waals surface area contributed by atoms with Crippen molar-refractivity contribution in [2.24, 2.45) is 11.8 Å². The number of amides is 2. The lowest BCUT2D eigenvalue weighted by Crippen LogP contribution is -2.49. The second-order valence-electron chi connectivity index (χ2n) is 10.1. The summed E-state index contributed by atoms with van der Waals surface area (Å²) in [6.45, 7) is 8.35. The minimum Gasteiger partial charge on any atom is -0.489 e. The average Bonchev–Trinajstić information content (AvgIpc) is 3.52. The lowest BCUT2D eigenvalue weighted by Gasteiger charge is -2.31. The number of nitrogens with zero attached hydrogens (tertiary/aromatic N) is 2. The predicted molar refractivity (Wildman–Crippen MR) is 118 cm³/mol. The van der Waals surface area contributed by atoms with Gasteiger partial charge in [-0.1, -0.05) is 6.58 Å². The molecule has 32 heavy (non-hydrogen) atoms. The molecule has 2 amide bonds. The van der Waals surface area contributed by atoms with Crippen molar-refractivity contribution in [1.82, 2.24) is 15.1 Å². The third-order valence-electron chi connectivity index (χ3n) is 8.05. The average molecular weight is 438 g/mol. The monoisotopic (exact) mass is 437 g/mol. The summed E-state index contributed by atoms with van der Waals surface area (Å²) in [5.74, 6) is 2.00. The number of carbonyl (C=O) groups is 2. The molecule has 4 heterocycles. The number of rotatable bonds is 4. The van der Waals surface area contributed by atoms with Crippen molar-refractivity contribution in [3.05, 3.63) is 41.6 Å². The molecule has 5 aliphatic rings. The third kappa shape index (κ3) is 3.42. The number of piperidine rings is 1. The number of ether oxygens (including phenoxy) is 2. The highest BCUT2D eigenvalue weighted by molar-refractivity contribution is 6.01. The Kier molecular flexibility index (Phi) is 4.99. The maximum Gasteiger partial charge on any atom is 0.255 e. The zero-order valence-electron chi connectivity index (χ0n) is 18.4. The van der Waals surface area contributed by atoms with Gasteiger partial charge in [0.05, 0.1) is 13.2 Å². The summed E-state index contributed by atoms with van der Waals surface area (Å²) in [6.07, 6.45) is 4.97. The first kappa shape index (κ1) is 20.2. The van der Waals surface area contributed by atoms with E-state index in [-0.39, 0.29) is 17.9 Å². The molecule has 170 valence electrons. The van der Waals surface area contributed by atoms with Crippen LogP contribution >= 0.6 is 0 Å². The standard InChI is InChI=1S/C25H31N3O4/c1-15-5-8-22(24(29)26-15)28-12-16-9-19(6-7-20(16)25(28)30)32-23-4-2-3-21(23)27-10-17-13-31-14-18(17)11-27/h6-7,9,17-18,21-23H,1-5,8,10-14H2,(H,26,29)/t17-,18+,21-,22?,23+/m1/s1. The molecule has 7 nitrogen and oxygen atoms in total. The summed E-state index contributed by atoms with van der Waals surface area (Å²) in [4.78, 5) is 29.7. The molecule has 7 heteroatoms. The maximum absolute atomic E-state index is 13.0. The molecule has 1 N–H and O–H groups in total. The van der Waals surface area contributed by atoms with Gasteiger partial charge in [-0.25, -0.2) is 0 Å². The van der Waals surface area contributed by atoms with Crippen molar-refractivity contribution in [2.45, 2.75) is 56.8 Å². The molecular weight excluding hydrogens is 406 g/mol. The van der Waals surface area contributed by atoms with Gasteiger partial charge in [0, 0.05) is 48.8 Å². The highest BCUT2D eigenvalue weighted by Crippen LogP contribution is 2.37. The first-order chi connectivity index (χ1) is 15.6. The number of hydrogen-bond donors (Lipinski definition) is 1. The van der Waals surface area contributed by atoms with Crippen LogP contribution < -0.4 is 10.1 Å². The van der Waals surface area contributed by atoms with Crippen molar-refractivity contribution >= 4 is 11.8 Å². The van der Waals surface area contributed by atoms with Crippen LogP contribution in [-0.4, -0.2) is 66.1 Å². The zero-order chi connectivity index (χ0) is 21.8. The second-order valence-corrected chi connectivity index (χ2v) is 10.1. The molecule has 1 aliphatic carbocycles. The number of fused-ring (bicyclic) bond motifs is 2. The Morgan fingerprint density at radius 2 is 1.91 bits per heavy atom. The van der Waals surface area contributed by atoms with Crippen molar-refractivity contribution in [1.29, 1.82) is 0 Å². The quantitative estimate of drug-likeness (QED) is 0.783. The van der Waals surface area contributed by atoms with E-state index in [4.69, 9.17) is 9.47 Å². The van der Waals surface area contributed by atoms with Crippen molar-refractivity contribution in [3.63, 3.8) is 0 Å². The molecule has 0 bridgehead atoms. The lowest BCUT2D eigenvalue weighted by molar-refractivity contribution is -0.126. The van der Waals surface area contributed by atoms with Gasteiger partial charge in [0.25, 0.3) is 5.91 Å². The summed E-state index contributed by atoms with van der Waals surface area (Å²) in [5.41, 5.74) is 2.36. The lowest BCUT2D eigenvalue weighted by atomic mass is 10.0.